The third-order valence-electron chi connectivity index (χ3n) is 7.49. The van der Waals surface area contributed by atoms with Gasteiger partial charge in [0.2, 0.25) is 11.8 Å². The van der Waals surface area contributed by atoms with E-state index in [1.165, 1.54) is 18.2 Å². The number of carbonyl (C=O) groups excluding carboxylic acids is 2. The van der Waals surface area contributed by atoms with Gasteiger partial charge in [-0.25, -0.2) is 4.79 Å². The minimum Gasteiger partial charge on any atom is -0.490 e. The maximum atomic E-state index is 12.0. The van der Waals surface area contributed by atoms with E-state index in [1.54, 1.807) is 18.2 Å². The molecular formula is C35H48N6O15. The fourth-order valence-electron chi connectivity index (χ4n) is 4.78. The van der Waals surface area contributed by atoms with Crippen LogP contribution in [-0.2, 0) is 38.0 Å². The summed E-state index contributed by atoms with van der Waals surface area (Å²) in [5.74, 6) is -1.01. The Morgan fingerprint density at radius 1 is 0.643 bits per heavy atom. The molecule has 3 rings (SSSR count). The van der Waals surface area contributed by atoms with Gasteiger partial charge >= 0.3 is 5.97 Å². The van der Waals surface area contributed by atoms with E-state index in [0.717, 1.165) is 6.07 Å². The zero-order chi connectivity index (χ0) is 40.4. The average Bonchev–Trinajstić information content (AvgIpc) is 3.63. The fourth-order valence-corrected chi connectivity index (χ4v) is 4.78. The fraction of sp³-hybridized carbons (Fsp3) is 0.514. The van der Waals surface area contributed by atoms with Crippen molar-refractivity contribution in [3.8, 4) is 5.75 Å². The van der Waals surface area contributed by atoms with Crippen molar-refractivity contribution in [1.82, 2.24) is 15.6 Å². The van der Waals surface area contributed by atoms with Gasteiger partial charge in [-0.15, -0.1) is 0 Å². The highest BCUT2D eigenvalue weighted by atomic mass is 16.6. The first-order valence-corrected chi connectivity index (χ1v) is 17.8. The Labute approximate surface area is 321 Å². The molecule has 0 unspecified atom stereocenters. The number of benzene rings is 2. The summed E-state index contributed by atoms with van der Waals surface area (Å²) in [6.07, 6.45) is 0.0754. The number of fused-ring (bicyclic) bond motifs is 1. The van der Waals surface area contributed by atoms with Gasteiger partial charge < -0.3 is 59.2 Å². The first kappa shape index (κ1) is 44.9. The molecule has 0 atom stereocenters. The zero-order valence-corrected chi connectivity index (χ0v) is 30.8. The number of aromatic nitrogens is 1. The van der Waals surface area contributed by atoms with E-state index in [-0.39, 0.29) is 74.6 Å². The van der Waals surface area contributed by atoms with Crippen LogP contribution in [0.5, 0.6) is 5.75 Å². The van der Waals surface area contributed by atoms with Gasteiger partial charge in [0.05, 0.1) is 95.2 Å². The van der Waals surface area contributed by atoms with Gasteiger partial charge in [-0.1, -0.05) is 6.07 Å². The Hall–Kier alpha value is -5.45. The normalized spacial score (nSPS) is 11.0. The number of hydrogen-bond acceptors (Lipinski definition) is 15. The molecule has 0 bridgehead atoms. The summed E-state index contributed by atoms with van der Waals surface area (Å²) in [4.78, 5) is 58.5. The smallest absolute Gasteiger partial charge is 0.352 e. The number of anilines is 1. The van der Waals surface area contributed by atoms with Crippen molar-refractivity contribution in [3.63, 3.8) is 0 Å². The Balaban J connectivity index is 1.03. The van der Waals surface area contributed by atoms with Gasteiger partial charge in [0.15, 0.2) is 0 Å². The number of ether oxygens (including phenoxy) is 7. The maximum absolute atomic E-state index is 12.0. The number of carbonyl (C=O) groups is 3. The van der Waals surface area contributed by atoms with E-state index in [0.29, 0.717) is 89.3 Å². The first-order chi connectivity index (χ1) is 27.2. The number of non-ortho nitro benzene ring substituents is 1. The van der Waals surface area contributed by atoms with Crippen LogP contribution in [0.15, 0.2) is 42.5 Å². The number of aromatic carboxylic acids is 1. The topological polar surface area (TPSA) is 274 Å². The van der Waals surface area contributed by atoms with Crippen molar-refractivity contribution >= 4 is 45.7 Å². The highest BCUT2D eigenvalue weighted by Crippen LogP contribution is 2.29. The Morgan fingerprint density at radius 3 is 1.68 bits per heavy atom. The van der Waals surface area contributed by atoms with Crippen LogP contribution in [0.25, 0.3) is 10.9 Å². The molecule has 0 aliphatic heterocycles. The molecule has 0 aliphatic carbocycles. The molecule has 0 saturated heterocycles. The van der Waals surface area contributed by atoms with E-state index in [1.807, 2.05) is 0 Å². The molecule has 1 aromatic heterocycles. The van der Waals surface area contributed by atoms with Crippen molar-refractivity contribution in [2.45, 2.75) is 12.8 Å². The van der Waals surface area contributed by atoms with E-state index in [9.17, 15) is 34.6 Å². The molecule has 2 aromatic carbocycles. The van der Waals surface area contributed by atoms with Crippen LogP contribution in [0.2, 0.25) is 0 Å². The number of carboxylic acid groups (broad SMARTS) is 1. The average molecular weight is 793 g/mol. The van der Waals surface area contributed by atoms with Crippen LogP contribution in [0.1, 0.15) is 23.3 Å². The summed E-state index contributed by atoms with van der Waals surface area (Å²) in [5.41, 5.74) is 0.160. The highest BCUT2D eigenvalue weighted by molar-refractivity contribution is 5.96. The summed E-state index contributed by atoms with van der Waals surface area (Å²) < 4.78 is 38.3. The minimum absolute atomic E-state index is 0.0365. The molecule has 2 amide bonds. The predicted molar refractivity (Wildman–Crippen MR) is 199 cm³/mol. The van der Waals surface area contributed by atoms with Crippen LogP contribution in [0.3, 0.4) is 0 Å². The molecule has 5 N–H and O–H groups in total. The number of rotatable bonds is 32. The Kier molecular flexibility index (Phi) is 21.2. The van der Waals surface area contributed by atoms with Gasteiger partial charge in [-0.05, 0) is 24.3 Å². The number of amides is 2. The standard InChI is InChI=1S/C35H48N6O15/c42-33(37-9-12-51-15-18-53-17-14-50-11-8-36-29-5-4-26(40(46)47)24-31(29)41(48)49)6-7-34(43)38-10-13-52-16-19-54-20-21-55-22-23-56-32-3-1-2-28-27(32)25-30(39-28)35(44)45/h1-5,24-25,36,39H,6-23H2,(H,37,42)(H,38,43)(H,44,45). The lowest BCUT2D eigenvalue weighted by molar-refractivity contribution is -0.393. The quantitative estimate of drug-likeness (QED) is 0.0345. The lowest BCUT2D eigenvalue weighted by Crippen LogP contribution is -2.31. The molecule has 0 saturated carbocycles. The van der Waals surface area contributed by atoms with Crippen LogP contribution in [0, 0.1) is 20.2 Å². The van der Waals surface area contributed by atoms with E-state index in [4.69, 9.17) is 38.3 Å². The minimum atomic E-state index is -1.04. The molecule has 0 spiro atoms. The van der Waals surface area contributed by atoms with Crippen LogP contribution in [0.4, 0.5) is 17.1 Å². The highest BCUT2D eigenvalue weighted by Gasteiger charge is 2.19. The summed E-state index contributed by atoms with van der Waals surface area (Å²) in [5, 5.41) is 40.0. The SMILES string of the molecule is O=C(CCC(=O)NCCOCCOCCOCCOc1cccc2[nH]c(C(=O)O)cc12)NCCOCCOCCOCCNc1ccc([N+](=O)[O-])cc1[N+](=O)[O-]. The molecule has 308 valence electrons. The molecule has 3 aromatic rings. The summed E-state index contributed by atoms with van der Waals surface area (Å²) in [6, 6.07) is 10.2. The van der Waals surface area contributed by atoms with Crippen LogP contribution >= 0.6 is 0 Å². The van der Waals surface area contributed by atoms with Gasteiger partial charge in [-0.2, -0.15) is 0 Å². The third kappa shape index (κ3) is 17.8. The third-order valence-corrected chi connectivity index (χ3v) is 7.49. The number of nitrogens with zero attached hydrogens (tertiary/aromatic N) is 2. The maximum Gasteiger partial charge on any atom is 0.352 e. The number of carboxylic acids is 1. The molecule has 0 aliphatic rings. The summed E-state index contributed by atoms with van der Waals surface area (Å²) >= 11 is 0. The van der Waals surface area contributed by atoms with E-state index in [2.05, 4.69) is 20.9 Å². The molecule has 21 heteroatoms. The molecule has 1 heterocycles. The van der Waals surface area contributed by atoms with Crippen molar-refractivity contribution in [2.24, 2.45) is 0 Å². The van der Waals surface area contributed by atoms with Crippen molar-refractivity contribution in [2.75, 3.05) is 111 Å². The molecular weight excluding hydrogens is 744 g/mol. The largest absolute Gasteiger partial charge is 0.490 e. The summed E-state index contributed by atoms with van der Waals surface area (Å²) in [6.45, 7) is 4.87. The molecule has 0 fully saturated rings. The molecule has 56 heavy (non-hydrogen) atoms. The van der Waals surface area contributed by atoms with E-state index >= 15 is 0 Å². The lowest BCUT2D eigenvalue weighted by Gasteiger charge is -2.09. The van der Waals surface area contributed by atoms with Crippen LogP contribution in [-0.4, -0.2) is 143 Å². The Bertz CT molecular complexity index is 1690. The van der Waals surface area contributed by atoms with Gasteiger partial charge in [-0.3, -0.25) is 29.8 Å². The number of nitrogens with one attached hydrogen (secondary N) is 4. The van der Waals surface area contributed by atoms with Crippen molar-refractivity contribution in [3.05, 3.63) is 68.4 Å². The number of nitro groups is 2. The van der Waals surface area contributed by atoms with Gasteiger partial charge in [0.25, 0.3) is 11.4 Å². The number of H-pyrrole nitrogens is 1. The van der Waals surface area contributed by atoms with Crippen molar-refractivity contribution in [1.29, 1.82) is 0 Å². The first-order valence-electron chi connectivity index (χ1n) is 17.8. The van der Waals surface area contributed by atoms with Crippen molar-refractivity contribution < 1.29 is 62.5 Å². The van der Waals surface area contributed by atoms with Gasteiger partial charge in [0.1, 0.15) is 23.7 Å². The summed E-state index contributed by atoms with van der Waals surface area (Å²) in [7, 11) is 0. The van der Waals surface area contributed by atoms with Gasteiger partial charge in [0, 0.05) is 49.4 Å². The predicted octanol–water partition coefficient (Wildman–Crippen LogP) is 2.29. The van der Waals surface area contributed by atoms with E-state index < -0.39 is 21.5 Å². The zero-order valence-electron chi connectivity index (χ0n) is 30.8. The number of hydrogen-bond donors (Lipinski definition) is 5. The second-order valence-electron chi connectivity index (χ2n) is 11.6. The van der Waals surface area contributed by atoms with Crippen LogP contribution < -0.4 is 20.7 Å². The molecule has 0 radical (unpaired) electrons. The number of aromatic amines is 1. The lowest BCUT2D eigenvalue weighted by atomic mass is 10.2. The second kappa shape index (κ2) is 26.4. The number of nitro benzene ring substituents is 2. The second-order valence-corrected chi connectivity index (χ2v) is 11.6. The monoisotopic (exact) mass is 792 g/mol. The molecule has 21 nitrogen and oxygen atoms in total. The Morgan fingerprint density at radius 2 is 1.16 bits per heavy atom.